The topological polar surface area (TPSA) is 142 Å². The van der Waals surface area contributed by atoms with Crippen LogP contribution in [0.3, 0.4) is 0 Å². The van der Waals surface area contributed by atoms with E-state index in [-0.39, 0.29) is 35.2 Å². The molecule has 71 heavy (non-hydrogen) atoms. The number of fused-ring (bicyclic) bond motifs is 1. The third-order valence-electron chi connectivity index (χ3n) is 12.4. The monoisotopic (exact) mass is 977 g/mol. The van der Waals surface area contributed by atoms with E-state index in [1.54, 1.807) is 11.4 Å². The molecule has 1 saturated heterocycles. The molecule has 1 aromatic heterocycles. The van der Waals surface area contributed by atoms with Crippen LogP contribution in [0.2, 0.25) is 0 Å². The van der Waals surface area contributed by atoms with Gasteiger partial charge in [-0.05, 0) is 28.8 Å². The van der Waals surface area contributed by atoms with E-state index in [4.69, 9.17) is 19.7 Å². The van der Waals surface area contributed by atoms with Crippen LogP contribution in [0.1, 0.15) is 39.1 Å². The standard InChI is InChI=1S/C57H44FN5O6S2/c58-45-32-19-33-46(34-45)68-35-38-36-70-53-49(52(65)63(53)50(38)54(66)67)60-51(64)48(62-69-57(42-26-13-4-14-27-42,43-28-15-5-16-29-43)44-30-17-6-18-31-44)47-37-71-55(59-47)61-56(39-20-7-1-8-21-39,40-22-9-2-10-23-40)41-24-11-3-12-25-41/h1-34,37,49,53H,35-36H2,(H,59,61)(H,60,64)(H,66,67)/t49?,53-/m0/s1. The van der Waals surface area contributed by atoms with Gasteiger partial charge in [0.25, 0.3) is 11.8 Å². The second kappa shape index (κ2) is 20.3. The van der Waals surface area contributed by atoms with Crippen molar-refractivity contribution in [3.05, 3.63) is 268 Å². The lowest BCUT2D eigenvalue weighted by molar-refractivity contribution is -0.150. The number of halogens is 1. The average Bonchev–Trinajstić information content (AvgIpc) is 3.89. The Balaban J connectivity index is 1.05. The first kappa shape index (κ1) is 46.4. The fourth-order valence-electron chi connectivity index (χ4n) is 9.11. The summed E-state index contributed by atoms with van der Waals surface area (Å²) in [5.74, 6) is -2.87. The van der Waals surface area contributed by atoms with E-state index < -0.39 is 46.2 Å². The maximum Gasteiger partial charge on any atom is 0.352 e. The molecule has 1 fully saturated rings. The molecule has 7 aromatic carbocycles. The number of aromatic nitrogens is 1. The molecule has 1 unspecified atom stereocenters. The molecule has 2 amide bonds. The molecule has 3 N–H and O–H groups in total. The number of nitrogens with zero attached hydrogens (tertiary/aromatic N) is 3. The first-order valence-corrected chi connectivity index (χ1v) is 24.6. The molecular formula is C57H44FN5O6S2. The first-order chi connectivity index (χ1) is 34.8. The molecule has 0 saturated carbocycles. The zero-order valence-electron chi connectivity index (χ0n) is 37.8. The summed E-state index contributed by atoms with van der Waals surface area (Å²) in [6.07, 6.45) is 0. The van der Waals surface area contributed by atoms with Crippen molar-refractivity contribution in [3.8, 4) is 5.75 Å². The van der Waals surface area contributed by atoms with E-state index in [1.807, 2.05) is 146 Å². The fourth-order valence-corrected chi connectivity index (χ4v) is 11.2. The van der Waals surface area contributed by atoms with E-state index >= 15 is 4.79 Å². The summed E-state index contributed by atoms with van der Waals surface area (Å²) in [5.41, 5.74) is 2.70. The number of carboxylic acid groups (broad SMARTS) is 1. The highest BCUT2D eigenvalue weighted by Crippen LogP contribution is 2.44. The average molecular weight is 978 g/mol. The van der Waals surface area contributed by atoms with E-state index in [0.717, 1.165) is 38.3 Å². The highest BCUT2D eigenvalue weighted by Gasteiger charge is 2.55. The second-order valence-electron chi connectivity index (χ2n) is 16.7. The number of nitrogens with one attached hydrogen (secondary N) is 2. The van der Waals surface area contributed by atoms with Crippen molar-refractivity contribution in [2.45, 2.75) is 22.6 Å². The molecule has 3 heterocycles. The number of anilines is 1. The summed E-state index contributed by atoms with van der Waals surface area (Å²) < 4.78 is 19.7. The van der Waals surface area contributed by atoms with Gasteiger partial charge in [-0.25, -0.2) is 14.2 Å². The van der Waals surface area contributed by atoms with Gasteiger partial charge in [0.1, 0.15) is 46.5 Å². The summed E-state index contributed by atoms with van der Waals surface area (Å²) in [6.45, 7) is -0.188. The number of carbonyl (C=O) groups is 3. The van der Waals surface area contributed by atoms with Crippen LogP contribution in [-0.4, -0.2) is 62.3 Å². The fraction of sp³-hybridized carbons (Fsp3) is 0.105. The molecule has 14 heteroatoms. The van der Waals surface area contributed by atoms with Gasteiger partial charge >= 0.3 is 5.97 Å². The van der Waals surface area contributed by atoms with Crippen molar-refractivity contribution in [2.24, 2.45) is 5.16 Å². The van der Waals surface area contributed by atoms with Crippen molar-refractivity contribution in [1.82, 2.24) is 15.2 Å². The van der Waals surface area contributed by atoms with Crippen LogP contribution in [0, 0.1) is 5.82 Å². The molecule has 2 aliphatic heterocycles. The normalized spacial score (nSPS) is 15.8. The van der Waals surface area contributed by atoms with Gasteiger partial charge in [0.15, 0.2) is 10.8 Å². The zero-order valence-corrected chi connectivity index (χ0v) is 39.4. The SMILES string of the molecule is O=C(O)C1=C(COc2cccc(F)c2)CS[C@H]2C(NC(=O)C(=NOC(c3ccccc3)(c3ccccc3)c3ccccc3)c3csc(NC(c4ccccc4)(c4ccccc4)c4ccccc4)n3)C(=O)N12. The Morgan fingerprint density at radius 1 is 0.704 bits per heavy atom. The Hall–Kier alpha value is -8.33. The number of hydrogen-bond acceptors (Lipinski definition) is 10. The molecule has 10 rings (SSSR count). The summed E-state index contributed by atoms with van der Waals surface area (Å²) in [6, 6.07) is 63.3. The van der Waals surface area contributed by atoms with E-state index in [0.29, 0.717) is 10.7 Å². The second-order valence-corrected chi connectivity index (χ2v) is 18.6. The van der Waals surface area contributed by atoms with Gasteiger partial charge in [-0.2, -0.15) is 0 Å². The van der Waals surface area contributed by atoms with Crippen molar-refractivity contribution in [1.29, 1.82) is 0 Å². The lowest BCUT2D eigenvalue weighted by Crippen LogP contribution is -2.71. The number of oxime groups is 1. The van der Waals surface area contributed by atoms with Gasteiger partial charge in [-0.1, -0.05) is 193 Å². The van der Waals surface area contributed by atoms with Crippen LogP contribution in [0.15, 0.2) is 228 Å². The summed E-state index contributed by atoms with van der Waals surface area (Å²) in [4.78, 5) is 55.1. The van der Waals surface area contributed by atoms with E-state index in [1.165, 1.54) is 41.3 Å². The number of β-lactam (4-membered cyclic amide) rings is 1. The number of benzene rings is 7. The lowest BCUT2D eigenvalue weighted by atomic mass is 9.77. The zero-order chi connectivity index (χ0) is 48.8. The van der Waals surface area contributed by atoms with Crippen LogP contribution in [0.25, 0.3) is 0 Å². The predicted octanol–water partition coefficient (Wildman–Crippen LogP) is 10.2. The minimum Gasteiger partial charge on any atom is -0.489 e. The third kappa shape index (κ3) is 9.06. The molecule has 0 aliphatic carbocycles. The first-order valence-electron chi connectivity index (χ1n) is 22.7. The van der Waals surface area contributed by atoms with Crippen LogP contribution >= 0.6 is 23.1 Å². The summed E-state index contributed by atoms with van der Waals surface area (Å²) in [7, 11) is 0. The molecule has 2 aliphatic rings. The smallest absolute Gasteiger partial charge is 0.352 e. The molecule has 2 atom stereocenters. The Kier molecular flexibility index (Phi) is 13.3. The minimum atomic E-state index is -1.39. The van der Waals surface area contributed by atoms with Crippen molar-refractivity contribution >= 4 is 51.7 Å². The van der Waals surface area contributed by atoms with Gasteiger partial charge < -0.3 is 25.3 Å². The number of carbonyl (C=O) groups excluding carboxylic acids is 2. The summed E-state index contributed by atoms with van der Waals surface area (Å²) in [5, 5.41) is 23.3. The number of aliphatic carboxylic acids is 1. The summed E-state index contributed by atoms with van der Waals surface area (Å²) >= 11 is 2.55. The lowest BCUT2D eigenvalue weighted by Gasteiger charge is -2.49. The third-order valence-corrected chi connectivity index (χ3v) is 14.5. The number of thioether (sulfide) groups is 1. The van der Waals surface area contributed by atoms with Crippen molar-refractivity contribution in [3.63, 3.8) is 0 Å². The van der Waals surface area contributed by atoms with Crippen LogP contribution in [0.4, 0.5) is 9.52 Å². The number of hydrogen-bond donors (Lipinski definition) is 3. The van der Waals surface area contributed by atoms with E-state index in [9.17, 15) is 19.1 Å². The van der Waals surface area contributed by atoms with Gasteiger partial charge in [0, 0.05) is 39.5 Å². The molecule has 8 aromatic rings. The minimum absolute atomic E-state index is 0.156. The number of rotatable bonds is 17. The van der Waals surface area contributed by atoms with Gasteiger partial charge in [0.2, 0.25) is 5.60 Å². The molecule has 0 radical (unpaired) electrons. The van der Waals surface area contributed by atoms with Crippen LogP contribution < -0.4 is 15.4 Å². The van der Waals surface area contributed by atoms with Gasteiger partial charge in [-0.3, -0.25) is 14.5 Å². The van der Waals surface area contributed by atoms with Gasteiger partial charge in [-0.15, -0.1) is 23.1 Å². The van der Waals surface area contributed by atoms with Crippen LogP contribution in [0.5, 0.6) is 5.75 Å². The Morgan fingerprint density at radius 3 is 1.68 bits per heavy atom. The van der Waals surface area contributed by atoms with Crippen molar-refractivity contribution in [2.75, 3.05) is 17.7 Å². The molecule has 11 nitrogen and oxygen atoms in total. The van der Waals surface area contributed by atoms with Gasteiger partial charge in [0.05, 0.1) is 0 Å². The largest absolute Gasteiger partial charge is 0.489 e. The maximum atomic E-state index is 15.1. The molecule has 0 spiro atoms. The highest BCUT2D eigenvalue weighted by molar-refractivity contribution is 8.00. The Morgan fingerprint density at radius 2 is 1.20 bits per heavy atom. The molecule has 352 valence electrons. The number of thiazole rings is 1. The van der Waals surface area contributed by atoms with E-state index in [2.05, 4.69) is 47.0 Å². The quantitative estimate of drug-likeness (QED) is 0.0352. The number of ether oxygens (including phenoxy) is 1. The Labute approximate surface area is 417 Å². The van der Waals surface area contributed by atoms with Crippen molar-refractivity contribution < 1.29 is 33.5 Å². The predicted molar refractivity (Wildman–Crippen MR) is 273 cm³/mol. The maximum absolute atomic E-state index is 15.1. The molecular weight excluding hydrogens is 934 g/mol. The van der Waals surface area contributed by atoms with Crippen LogP contribution in [-0.2, 0) is 30.4 Å². The number of carboxylic acids is 1. The highest BCUT2D eigenvalue weighted by atomic mass is 32.2. The molecule has 0 bridgehead atoms. The Bertz CT molecular complexity index is 3040. The number of amides is 2.